The van der Waals surface area contributed by atoms with Crippen LogP contribution in [0.4, 0.5) is 11.4 Å². The normalized spacial score (nSPS) is 12.8. The zero-order valence-corrected chi connectivity index (χ0v) is 18.6. The van der Waals surface area contributed by atoms with E-state index in [1.807, 2.05) is 12.4 Å². The summed E-state index contributed by atoms with van der Waals surface area (Å²) < 4.78 is 2.19. The number of rotatable bonds is 3. The van der Waals surface area contributed by atoms with Crippen LogP contribution in [0.3, 0.4) is 0 Å². The van der Waals surface area contributed by atoms with Crippen LogP contribution < -0.4 is 4.90 Å². The number of halogens is 2. The largest absolute Gasteiger partial charge is 0.338 e. The van der Waals surface area contributed by atoms with Crippen LogP contribution in [-0.4, -0.2) is 41.1 Å². The average molecular weight is 480 g/mol. The SMILES string of the molecule is Br.Br.CC(CN1c2ccccc2-c2nccn2-c2ccccc21)N(C)C. The maximum Gasteiger partial charge on any atom is 0.146 e. The molecular weight excluding hydrogens is 456 g/mol. The standard InChI is InChI=1S/C20H22N4.2BrH/c1-15(22(2)3)14-24-17-9-5-4-8-16(17)20-21-12-13-23(20)18-10-6-7-11-19(18)24;;/h4-13,15H,14H2,1-3H3;2*1H. The van der Waals surface area contributed by atoms with Gasteiger partial charge in [-0.1, -0.05) is 24.3 Å². The summed E-state index contributed by atoms with van der Waals surface area (Å²) in [7, 11) is 4.26. The molecule has 2 aromatic carbocycles. The maximum atomic E-state index is 4.63. The van der Waals surface area contributed by atoms with Crippen molar-refractivity contribution in [3.05, 3.63) is 60.9 Å². The number of para-hydroxylation sites is 3. The molecule has 1 aliphatic heterocycles. The van der Waals surface area contributed by atoms with Crippen LogP contribution in [-0.2, 0) is 0 Å². The summed E-state index contributed by atoms with van der Waals surface area (Å²) >= 11 is 0. The molecule has 0 bridgehead atoms. The van der Waals surface area contributed by atoms with Gasteiger partial charge in [0.05, 0.1) is 17.1 Å². The summed E-state index contributed by atoms with van der Waals surface area (Å²) in [6.45, 7) is 3.18. The van der Waals surface area contributed by atoms with Crippen molar-refractivity contribution in [1.82, 2.24) is 14.5 Å². The molecule has 2 heterocycles. The first-order valence-corrected chi connectivity index (χ1v) is 8.33. The Kier molecular flexibility index (Phi) is 6.66. The quantitative estimate of drug-likeness (QED) is 0.522. The molecule has 4 rings (SSSR count). The number of hydrogen-bond donors (Lipinski definition) is 0. The van der Waals surface area contributed by atoms with Crippen molar-refractivity contribution >= 4 is 45.3 Å². The lowest BCUT2D eigenvalue weighted by Gasteiger charge is -2.31. The summed E-state index contributed by atoms with van der Waals surface area (Å²) in [6.07, 6.45) is 3.92. The molecule has 6 heteroatoms. The van der Waals surface area contributed by atoms with Gasteiger partial charge in [-0.15, -0.1) is 34.0 Å². The van der Waals surface area contributed by atoms with Gasteiger partial charge in [0.15, 0.2) is 0 Å². The molecule has 0 spiro atoms. The minimum absolute atomic E-state index is 0. The molecule has 0 N–H and O–H groups in total. The van der Waals surface area contributed by atoms with Crippen molar-refractivity contribution in [2.75, 3.05) is 25.5 Å². The molecule has 1 aromatic heterocycles. The highest BCUT2D eigenvalue weighted by molar-refractivity contribution is 8.93. The van der Waals surface area contributed by atoms with Crippen molar-refractivity contribution in [3.8, 4) is 17.1 Å². The van der Waals surface area contributed by atoms with Crippen LogP contribution >= 0.6 is 34.0 Å². The Bertz CT molecular complexity index is 814. The molecule has 0 amide bonds. The first-order chi connectivity index (χ1) is 11.7. The van der Waals surface area contributed by atoms with E-state index >= 15 is 0 Å². The first kappa shape index (κ1) is 20.7. The van der Waals surface area contributed by atoms with E-state index < -0.39 is 0 Å². The van der Waals surface area contributed by atoms with E-state index in [0.717, 1.165) is 12.4 Å². The van der Waals surface area contributed by atoms with Gasteiger partial charge in [-0.05, 0) is 45.3 Å². The van der Waals surface area contributed by atoms with Crippen LogP contribution in [0, 0.1) is 0 Å². The van der Waals surface area contributed by atoms with Gasteiger partial charge < -0.3 is 9.80 Å². The number of fused-ring (bicyclic) bond motifs is 5. The van der Waals surface area contributed by atoms with E-state index in [0.29, 0.717) is 6.04 Å². The maximum absolute atomic E-state index is 4.63. The molecule has 4 nitrogen and oxygen atoms in total. The van der Waals surface area contributed by atoms with Gasteiger partial charge in [0.25, 0.3) is 0 Å². The fraction of sp³-hybridized carbons (Fsp3) is 0.250. The van der Waals surface area contributed by atoms with Crippen LogP contribution in [0.15, 0.2) is 60.9 Å². The molecule has 0 saturated carbocycles. The second kappa shape index (κ2) is 8.37. The van der Waals surface area contributed by atoms with Crippen LogP contribution in [0.2, 0.25) is 0 Å². The van der Waals surface area contributed by atoms with Gasteiger partial charge in [0, 0.05) is 30.5 Å². The summed E-state index contributed by atoms with van der Waals surface area (Å²) in [4.78, 5) is 9.31. The third kappa shape index (κ3) is 3.46. The number of nitrogens with zero attached hydrogens (tertiary/aromatic N) is 4. The second-order valence-corrected chi connectivity index (χ2v) is 6.55. The zero-order chi connectivity index (χ0) is 16.7. The van der Waals surface area contributed by atoms with E-state index in [2.05, 4.69) is 88.9 Å². The molecule has 1 aliphatic rings. The molecule has 138 valence electrons. The fourth-order valence-corrected chi connectivity index (χ4v) is 3.25. The zero-order valence-electron chi connectivity index (χ0n) is 15.2. The molecule has 26 heavy (non-hydrogen) atoms. The van der Waals surface area contributed by atoms with Gasteiger partial charge in [0.1, 0.15) is 5.82 Å². The van der Waals surface area contributed by atoms with Crippen molar-refractivity contribution < 1.29 is 0 Å². The monoisotopic (exact) mass is 478 g/mol. The number of aromatic nitrogens is 2. The summed E-state index contributed by atoms with van der Waals surface area (Å²) in [6, 6.07) is 17.5. The highest BCUT2D eigenvalue weighted by Crippen LogP contribution is 2.41. The van der Waals surface area contributed by atoms with E-state index in [-0.39, 0.29) is 34.0 Å². The number of likely N-dealkylation sites (N-methyl/N-ethyl adjacent to an activating group) is 1. The smallest absolute Gasteiger partial charge is 0.146 e. The minimum atomic E-state index is 0. The summed E-state index contributed by atoms with van der Waals surface area (Å²) in [5.41, 5.74) is 4.77. The Morgan fingerprint density at radius 2 is 1.54 bits per heavy atom. The summed E-state index contributed by atoms with van der Waals surface area (Å²) in [5, 5.41) is 0. The Hall–Kier alpha value is -1.63. The average Bonchev–Trinajstić information content (AvgIpc) is 3.05. The second-order valence-electron chi connectivity index (χ2n) is 6.55. The molecule has 0 aliphatic carbocycles. The number of hydrogen-bond acceptors (Lipinski definition) is 3. The van der Waals surface area contributed by atoms with Gasteiger partial charge in [-0.2, -0.15) is 0 Å². The Balaban J connectivity index is 0.00000121. The van der Waals surface area contributed by atoms with Crippen molar-refractivity contribution in [2.24, 2.45) is 0 Å². The Labute approximate surface area is 176 Å². The lowest BCUT2D eigenvalue weighted by Crippen LogP contribution is -2.36. The number of benzene rings is 2. The van der Waals surface area contributed by atoms with E-state index in [4.69, 9.17) is 0 Å². The van der Waals surface area contributed by atoms with Crippen molar-refractivity contribution in [3.63, 3.8) is 0 Å². The van der Waals surface area contributed by atoms with Gasteiger partial charge in [-0.25, -0.2) is 4.98 Å². The highest BCUT2D eigenvalue weighted by atomic mass is 79.9. The molecule has 1 unspecified atom stereocenters. The minimum Gasteiger partial charge on any atom is -0.338 e. The van der Waals surface area contributed by atoms with Gasteiger partial charge >= 0.3 is 0 Å². The first-order valence-electron chi connectivity index (χ1n) is 8.33. The lowest BCUT2D eigenvalue weighted by atomic mass is 10.1. The van der Waals surface area contributed by atoms with Gasteiger partial charge in [0.2, 0.25) is 0 Å². The van der Waals surface area contributed by atoms with E-state index in [1.165, 1.54) is 22.6 Å². The van der Waals surface area contributed by atoms with E-state index in [9.17, 15) is 0 Å². The third-order valence-corrected chi connectivity index (χ3v) is 4.84. The molecule has 3 aromatic rings. The Morgan fingerprint density at radius 3 is 2.23 bits per heavy atom. The predicted molar refractivity (Wildman–Crippen MR) is 120 cm³/mol. The van der Waals surface area contributed by atoms with Crippen LogP contribution in [0.5, 0.6) is 0 Å². The van der Waals surface area contributed by atoms with Crippen LogP contribution in [0.25, 0.3) is 17.1 Å². The molecule has 0 radical (unpaired) electrons. The fourth-order valence-electron chi connectivity index (χ4n) is 3.25. The Morgan fingerprint density at radius 1 is 0.923 bits per heavy atom. The van der Waals surface area contributed by atoms with Crippen LogP contribution in [0.1, 0.15) is 6.92 Å². The number of anilines is 2. The van der Waals surface area contributed by atoms with Gasteiger partial charge in [-0.3, -0.25) is 4.57 Å². The topological polar surface area (TPSA) is 24.3 Å². The number of imidazole rings is 1. The van der Waals surface area contributed by atoms with Crippen molar-refractivity contribution in [1.29, 1.82) is 0 Å². The predicted octanol–water partition coefficient (Wildman–Crippen LogP) is 5.10. The highest BCUT2D eigenvalue weighted by Gasteiger charge is 2.26. The molecule has 1 atom stereocenters. The molecule has 0 saturated heterocycles. The molecular formula is C20H24Br2N4. The summed E-state index contributed by atoms with van der Waals surface area (Å²) in [5.74, 6) is 0.998. The lowest BCUT2D eigenvalue weighted by molar-refractivity contribution is 0.319. The molecule has 0 fully saturated rings. The van der Waals surface area contributed by atoms with E-state index in [1.54, 1.807) is 0 Å². The third-order valence-electron chi connectivity index (χ3n) is 4.84. The van der Waals surface area contributed by atoms with Crippen molar-refractivity contribution in [2.45, 2.75) is 13.0 Å².